The minimum atomic E-state index is 0. The second kappa shape index (κ2) is 11.5. The van der Waals surface area contributed by atoms with Gasteiger partial charge in [-0.25, -0.2) is 0 Å². The molecule has 1 rings (SSSR count). The molecule has 1 saturated heterocycles. The monoisotopic (exact) mass is 453 g/mol. The van der Waals surface area contributed by atoms with Crippen LogP contribution < -0.4 is 10.6 Å². The Morgan fingerprint density at radius 1 is 1.25 bits per heavy atom. The maximum Gasteiger partial charge on any atom is 0.191 e. The average Bonchev–Trinajstić information content (AvgIpc) is 2.44. The lowest BCUT2D eigenvalue weighted by molar-refractivity contribution is 0.167. The zero-order valence-electron chi connectivity index (χ0n) is 16.9. The van der Waals surface area contributed by atoms with Crippen molar-refractivity contribution in [3.8, 4) is 0 Å². The lowest BCUT2D eigenvalue weighted by atomic mass is 9.93. The van der Waals surface area contributed by atoms with Crippen LogP contribution in [0.25, 0.3) is 0 Å². The van der Waals surface area contributed by atoms with Gasteiger partial charge < -0.3 is 20.4 Å². The second-order valence-electron chi connectivity index (χ2n) is 8.15. The third-order valence-electron chi connectivity index (χ3n) is 4.35. The molecule has 2 N–H and O–H groups in total. The number of halogens is 1. The van der Waals surface area contributed by atoms with Crippen molar-refractivity contribution >= 4 is 29.9 Å². The molecule has 0 aromatic carbocycles. The van der Waals surface area contributed by atoms with Gasteiger partial charge in [0.25, 0.3) is 0 Å². The highest BCUT2D eigenvalue weighted by Gasteiger charge is 2.22. The van der Waals surface area contributed by atoms with Crippen LogP contribution in [0.3, 0.4) is 0 Å². The van der Waals surface area contributed by atoms with Crippen molar-refractivity contribution in [2.45, 2.75) is 59.5 Å². The van der Waals surface area contributed by atoms with Gasteiger partial charge in [-0.1, -0.05) is 13.8 Å². The van der Waals surface area contributed by atoms with Crippen molar-refractivity contribution in [3.05, 3.63) is 0 Å². The number of hydrogen-bond donors (Lipinski definition) is 2. The van der Waals surface area contributed by atoms with E-state index in [9.17, 15) is 0 Å². The van der Waals surface area contributed by atoms with E-state index in [1.165, 1.54) is 25.9 Å². The number of guanidine groups is 1. The summed E-state index contributed by atoms with van der Waals surface area (Å²) in [6.45, 7) is 16.4. The van der Waals surface area contributed by atoms with Gasteiger partial charge in [0, 0.05) is 44.8 Å². The highest BCUT2D eigenvalue weighted by atomic mass is 127. The summed E-state index contributed by atoms with van der Waals surface area (Å²) in [7, 11) is 4.24. The number of hydrogen-bond acceptors (Lipinski definition) is 3. The second-order valence-corrected chi connectivity index (χ2v) is 8.15. The van der Waals surface area contributed by atoms with Crippen LogP contribution >= 0.6 is 24.0 Å². The zero-order chi connectivity index (χ0) is 17.5. The van der Waals surface area contributed by atoms with Crippen molar-refractivity contribution in [2.75, 3.05) is 46.8 Å². The molecule has 1 fully saturated rings. The molecule has 24 heavy (non-hydrogen) atoms. The molecule has 0 spiro atoms. The highest BCUT2D eigenvalue weighted by Crippen LogP contribution is 2.16. The van der Waals surface area contributed by atoms with Crippen LogP contribution in [0.4, 0.5) is 0 Å². The maximum absolute atomic E-state index is 4.84. The first-order valence-electron chi connectivity index (χ1n) is 9.17. The molecule has 5 nitrogen and oxygen atoms in total. The topological polar surface area (TPSA) is 42.9 Å². The van der Waals surface area contributed by atoms with Crippen LogP contribution in [0.1, 0.15) is 47.5 Å². The van der Waals surface area contributed by atoms with Gasteiger partial charge in [-0.05, 0) is 53.1 Å². The van der Waals surface area contributed by atoms with Crippen molar-refractivity contribution in [1.29, 1.82) is 0 Å². The van der Waals surface area contributed by atoms with Gasteiger partial charge in [0.2, 0.25) is 0 Å². The Balaban J connectivity index is 0.00000529. The summed E-state index contributed by atoms with van der Waals surface area (Å²) in [6, 6.07) is 1.20. The summed E-state index contributed by atoms with van der Waals surface area (Å²) in [5.74, 6) is 0.974. The molecule has 0 radical (unpaired) electrons. The molecule has 6 heteroatoms. The first kappa shape index (κ1) is 23.9. The summed E-state index contributed by atoms with van der Waals surface area (Å²) in [5.41, 5.74) is 0.187. The summed E-state index contributed by atoms with van der Waals surface area (Å²) in [6.07, 6.45) is 2.40. The van der Waals surface area contributed by atoms with E-state index < -0.39 is 0 Å². The molecule has 0 amide bonds. The molecule has 1 aliphatic rings. The predicted molar refractivity (Wildman–Crippen MR) is 117 cm³/mol. The van der Waals surface area contributed by atoms with Gasteiger partial charge in [0.1, 0.15) is 0 Å². The minimum Gasteiger partial charge on any atom is -0.357 e. The highest BCUT2D eigenvalue weighted by molar-refractivity contribution is 14.0. The largest absolute Gasteiger partial charge is 0.357 e. The lowest BCUT2D eigenvalue weighted by Crippen LogP contribution is -2.50. The SMILES string of the molecule is CCNC(=NCC(C)(C)CN(C)C)NC1CCN(C(C)C)CC1.I. The van der Waals surface area contributed by atoms with Gasteiger partial charge in [0.15, 0.2) is 5.96 Å². The molecule has 0 bridgehead atoms. The van der Waals surface area contributed by atoms with Crippen molar-refractivity contribution in [3.63, 3.8) is 0 Å². The first-order valence-corrected chi connectivity index (χ1v) is 9.17. The van der Waals surface area contributed by atoms with Gasteiger partial charge in [-0.2, -0.15) is 0 Å². The Morgan fingerprint density at radius 2 is 1.83 bits per heavy atom. The molecular weight excluding hydrogens is 413 g/mol. The zero-order valence-corrected chi connectivity index (χ0v) is 19.2. The molecule has 0 atom stereocenters. The van der Waals surface area contributed by atoms with E-state index in [1.54, 1.807) is 0 Å². The van der Waals surface area contributed by atoms with Gasteiger partial charge >= 0.3 is 0 Å². The number of piperidine rings is 1. The smallest absolute Gasteiger partial charge is 0.191 e. The molecule has 1 aliphatic heterocycles. The average molecular weight is 453 g/mol. The fourth-order valence-electron chi connectivity index (χ4n) is 3.27. The number of rotatable bonds is 7. The van der Waals surface area contributed by atoms with Gasteiger partial charge in [-0.15, -0.1) is 24.0 Å². The molecule has 0 aliphatic carbocycles. The first-order chi connectivity index (χ1) is 10.7. The third-order valence-corrected chi connectivity index (χ3v) is 4.35. The lowest BCUT2D eigenvalue weighted by Gasteiger charge is -2.35. The third kappa shape index (κ3) is 9.42. The Labute approximate surface area is 167 Å². The molecule has 144 valence electrons. The van der Waals surface area contributed by atoms with Crippen molar-refractivity contribution in [2.24, 2.45) is 10.4 Å². The van der Waals surface area contributed by atoms with E-state index in [-0.39, 0.29) is 29.4 Å². The Kier molecular flexibility index (Phi) is 11.5. The Bertz CT molecular complexity index is 360. The van der Waals surface area contributed by atoms with Crippen LogP contribution in [0, 0.1) is 5.41 Å². The van der Waals surface area contributed by atoms with E-state index in [1.807, 2.05) is 0 Å². The summed E-state index contributed by atoms with van der Waals surface area (Å²) >= 11 is 0. The normalized spacial score (nSPS) is 18.0. The van der Waals surface area contributed by atoms with Crippen molar-refractivity contribution < 1.29 is 0 Å². The summed E-state index contributed by atoms with van der Waals surface area (Å²) < 4.78 is 0. The fourth-order valence-corrected chi connectivity index (χ4v) is 3.27. The van der Waals surface area contributed by atoms with E-state index >= 15 is 0 Å². The minimum absolute atomic E-state index is 0. The summed E-state index contributed by atoms with van der Waals surface area (Å²) in [4.78, 5) is 9.63. The van der Waals surface area contributed by atoms with E-state index in [0.29, 0.717) is 12.1 Å². The molecule has 0 saturated carbocycles. The molecule has 0 aromatic heterocycles. The number of likely N-dealkylation sites (tertiary alicyclic amines) is 1. The van der Waals surface area contributed by atoms with Gasteiger partial charge in [-0.3, -0.25) is 4.99 Å². The maximum atomic E-state index is 4.84. The predicted octanol–water partition coefficient (Wildman–Crippen LogP) is 2.62. The standard InChI is InChI=1S/C18H39N5.HI/c1-8-19-17(20-13-18(4,5)14-22(6)7)21-16-9-11-23(12-10-16)15(2)3;/h15-16H,8-14H2,1-7H3,(H2,19,20,21);1H. The van der Waals surface area contributed by atoms with E-state index in [2.05, 4.69) is 69.1 Å². The Hall–Kier alpha value is -0.0800. The number of aliphatic imine (C=N–C) groups is 1. The quantitative estimate of drug-likeness (QED) is 0.354. The molecule has 0 aromatic rings. The van der Waals surface area contributed by atoms with Gasteiger partial charge in [0.05, 0.1) is 0 Å². The van der Waals surface area contributed by atoms with Crippen LogP contribution in [0.2, 0.25) is 0 Å². The van der Waals surface area contributed by atoms with Crippen LogP contribution in [-0.4, -0.2) is 74.7 Å². The van der Waals surface area contributed by atoms with E-state index in [4.69, 9.17) is 4.99 Å². The van der Waals surface area contributed by atoms with Crippen molar-refractivity contribution in [1.82, 2.24) is 20.4 Å². The Morgan fingerprint density at radius 3 is 2.29 bits per heavy atom. The van der Waals surface area contributed by atoms with Crippen LogP contribution in [0.5, 0.6) is 0 Å². The molecule has 1 heterocycles. The molecular formula is C18H40IN5. The van der Waals surface area contributed by atoms with Crippen LogP contribution in [0.15, 0.2) is 4.99 Å². The number of nitrogens with zero attached hydrogens (tertiary/aromatic N) is 3. The summed E-state index contributed by atoms with van der Waals surface area (Å²) in [5, 5.41) is 7.04. The number of nitrogens with one attached hydrogen (secondary N) is 2. The van der Waals surface area contributed by atoms with Crippen LogP contribution in [-0.2, 0) is 0 Å². The molecule has 0 unspecified atom stereocenters. The van der Waals surface area contributed by atoms with E-state index in [0.717, 1.165) is 25.6 Å². The fraction of sp³-hybridized carbons (Fsp3) is 0.944.